The van der Waals surface area contributed by atoms with Crippen molar-refractivity contribution in [1.82, 2.24) is 9.71 Å². The second-order valence-electron chi connectivity index (χ2n) is 2.38. The third-order valence-corrected chi connectivity index (χ3v) is 1.71. The van der Waals surface area contributed by atoms with Crippen LogP contribution < -0.4 is 4.72 Å². The molecule has 69 valence electrons. The molecule has 0 atom stereocenters. The number of hydrogen-bond acceptors (Lipinski definition) is 4. The third-order valence-electron chi connectivity index (χ3n) is 1.16. The van der Waals surface area contributed by atoms with E-state index >= 15 is 0 Å². The van der Waals surface area contributed by atoms with E-state index in [1.165, 1.54) is 18.3 Å². The van der Waals surface area contributed by atoms with Crippen LogP contribution in [0.1, 0.15) is 10.4 Å². The van der Waals surface area contributed by atoms with Crippen LogP contribution in [0.15, 0.2) is 18.3 Å². The van der Waals surface area contributed by atoms with E-state index < -0.39 is 15.9 Å². The highest BCUT2D eigenvalue weighted by molar-refractivity contribution is 7.89. The Morgan fingerprint density at radius 1 is 1.62 bits per heavy atom. The number of sulfonamides is 1. The number of hydrogen-bond donors (Lipinski definition) is 1. The first kappa shape index (κ1) is 9.66. The molecule has 0 aliphatic heterocycles. The van der Waals surface area contributed by atoms with Crippen LogP contribution in [0.4, 0.5) is 0 Å². The molecule has 0 aliphatic carbocycles. The number of nitrogens with zero attached hydrogens (tertiary/aromatic N) is 1. The molecule has 0 unspecified atom stereocenters. The second kappa shape index (κ2) is 3.53. The zero-order chi connectivity index (χ0) is 9.90. The van der Waals surface area contributed by atoms with Crippen molar-refractivity contribution in [2.75, 3.05) is 6.26 Å². The maximum atomic E-state index is 11.1. The number of rotatable bonds is 2. The summed E-state index contributed by atoms with van der Waals surface area (Å²) >= 11 is 0. The number of pyridine rings is 1. The van der Waals surface area contributed by atoms with E-state index in [0.29, 0.717) is 0 Å². The van der Waals surface area contributed by atoms with Gasteiger partial charge in [-0.25, -0.2) is 13.1 Å². The van der Waals surface area contributed by atoms with Crippen LogP contribution in [-0.4, -0.2) is 25.6 Å². The van der Waals surface area contributed by atoms with Crippen LogP contribution in [0.3, 0.4) is 0 Å². The summed E-state index contributed by atoms with van der Waals surface area (Å²) in [5.41, 5.74) is 0.184. The predicted molar refractivity (Wildman–Crippen MR) is 45.4 cm³/mol. The molecule has 5 nitrogen and oxygen atoms in total. The smallest absolute Gasteiger partial charge is 0.266 e. The van der Waals surface area contributed by atoms with Gasteiger partial charge >= 0.3 is 0 Å². The Labute approximate surface area is 75.9 Å². The summed E-state index contributed by atoms with van der Waals surface area (Å²) in [6.07, 6.45) is 4.62. The van der Waals surface area contributed by atoms with Crippen molar-refractivity contribution in [3.05, 3.63) is 30.1 Å². The van der Waals surface area contributed by atoms with Gasteiger partial charge in [-0.15, -0.1) is 0 Å². The lowest BCUT2D eigenvalue weighted by molar-refractivity contribution is 0.0981. The van der Waals surface area contributed by atoms with Crippen LogP contribution in [0.5, 0.6) is 0 Å². The van der Waals surface area contributed by atoms with Gasteiger partial charge in [0.1, 0.15) is 0 Å². The largest absolute Gasteiger partial charge is 0.268 e. The minimum atomic E-state index is -3.51. The van der Waals surface area contributed by atoms with Crippen molar-refractivity contribution < 1.29 is 13.2 Å². The van der Waals surface area contributed by atoms with Crippen molar-refractivity contribution in [2.24, 2.45) is 0 Å². The highest BCUT2D eigenvalue weighted by Gasteiger charge is 2.09. The molecule has 1 aromatic rings. The number of amides is 1. The quantitative estimate of drug-likeness (QED) is 0.701. The fourth-order valence-corrected chi connectivity index (χ4v) is 1.14. The third kappa shape index (κ3) is 3.20. The number of carbonyl (C=O) groups excluding carboxylic acids is 1. The molecule has 1 radical (unpaired) electrons. The Kier molecular flexibility index (Phi) is 2.62. The van der Waals surface area contributed by atoms with Gasteiger partial charge < -0.3 is 0 Å². The van der Waals surface area contributed by atoms with Gasteiger partial charge in [0.25, 0.3) is 5.91 Å². The topological polar surface area (TPSA) is 76.1 Å². The molecule has 13 heavy (non-hydrogen) atoms. The Bertz CT molecular complexity index is 399. The fraction of sp³-hybridized carbons (Fsp3) is 0.143. The summed E-state index contributed by atoms with van der Waals surface area (Å²) in [6, 6.07) is 2.85. The monoisotopic (exact) mass is 199 g/mol. The first-order chi connectivity index (χ1) is 5.99. The molecule has 1 N–H and O–H groups in total. The molecule has 0 saturated heterocycles. The fourth-order valence-electron chi connectivity index (χ4n) is 0.682. The molecule has 0 bridgehead atoms. The molecular weight excluding hydrogens is 192 g/mol. The molecule has 0 spiro atoms. The van der Waals surface area contributed by atoms with E-state index in [1.807, 2.05) is 4.72 Å². The Hall–Kier alpha value is -1.43. The van der Waals surface area contributed by atoms with Crippen LogP contribution in [0.25, 0.3) is 0 Å². The summed E-state index contributed by atoms with van der Waals surface area (Å²) in [5.74, 6) is -0.691. The van der Waals surface area contributed by atoms with Crippen molar-refractivity contribution in [1.29, 1.82) is 0 Å². The van der Waals surface area contributed by atoms with Gasteiger partial charge in [0, 0.05) is 6.20 Å². The van der Waals surface area contributed by atoms with E-state index in [9.17, 15) is 13.2 Å². The molecule has 0 aliphatic rings. The maximum Gasteiger partial charge on any atom is 0.266 e. The summed E-state index contributed by atoms with van der Waals surface area (Å²) in [5, 5.41) is 0. The van der Waals surface area contributed by atoms with Crippen molar-refractivity contribution in [3.63, 3.8) is 0 Å². The van der Waals surface area contributed by atoms with Gasteiger partial charge in [0.05, 0.1) is 18.0 Å². The Balaban J connectivity index is 2.82. The van der Waals surface area contributed by atoms with E-state index in [0.717, 1.165) is 6.26 Å². The van der Waals surface area contributed by atoms with E-state index in [2.05, 4.69) is 11.2 Å². The molecule has 1 heterocycles. The highest BCUT2D eigenvalue weighted by Crippen LogP contribution is 1.95. The molecule has 1 amide bonds. The highest BCUT2D eigenvalue weighted by atomic mass is 32.2. The zero-order valence-corrected chi connectivity index (χ0v) is 7.63. The number of aromatic nitrogens is 1. The van der Waals surface area contributed by atoms with Crippen LogP contribution in [0, 0.1) is 6.20 Å². The summed E-state index contributed by atoms with van der Waals surface area (Å²) in [4.78, 5) is 14.7. The van der Waals surface area contributed by atoms with Crippen LogP contribution in [0.2, 0.25) is 0 Å². The standard InChI is InChI=1S/C7H7N2O3S/c1-13(11,12)9-7(10)6-3-2-4-8-5-6/h2-3,5H,1H3,(H,9,10). The minimum absolute atomic E-state index is 0.184. The average molecular weight is 199 g/mol. The summed E-state index contributed by atoms with van der Waals surface area (Å²) in [7, 11) is -3.51. The Morgan fingerprint density at radius 3 is 2.77 bits per heavy atom. The van der Waals surface area contributed by atoms with Crippen LogP contribution >= 0.6 is 0 Å². The van der Waals surface area contributed by atoms with Crippen molar-refractivity contribution in [2.45, 2.75) is 0 Å². The van der Waals surface area contributed by atoms with E-state index in [1.54, 1.807) is 0 Å². The molecule has 0 aromatic carbocycles. The zero-order valence-electron chi connectivity index (χ0n) is 6.81. The second-order valence-corrected chi connectivity index (χ2v) is 4.13. The lowest BCUT2D eigenvalue weighted by Gasteiger charge is -2.00. The summed E-state index contributed by atoms with van der Waals surface area (Å²) < 4.78 is 23.1. The number of nitrogens with one attached hydrogen (secondary N) is 1. The first-order valence-electron chi connectivity index (χ1n) is 3.33. The van der Waals surface area contributed by atoms with Crippen molar-refractivity contribution >= 4 is 15.9 Å². The van der Waals surface area contributed by atoms with Crippen LogP contribution in [-0.2, 0) is 10.0 Å². The molecule has 1 aromatic heterocycles. The lowest BCUT2D eigenvalue weighted by atomic mass is 10.3. The molecule has 6 heteroatoms. The summed E-state index contributed by atoms with van der Waals surface area (Å²) in [6.45, 7) is 0. The van der Waals surface area contributed by atoms with E-state index in [-0.39, 0.29) is 5.56 Å². The number of carbonyl (C=O) groups is 1. The normalized spacial score (nSPS) is 10.8. The predicted octanol–water partition coefficient (Wildman–Crippen LogP) is -0.429. The van der Waals surface area contributed by atoms with Gasteiger partial charge in [-0.2, -0.15) is 0 Å². The van der Waals surface area contributed by atoms with E-state index in [4.69, 9.17) is 0 Å². The Morgan fingerprint density at radius 2 is 2.31 bits per heavy atom. The van der Waals surface area contributed by atoms with Gasteiger partial charge in [-0.3, -0.25) is 9.78 Å². The molecule has 0 fully saturated rings. The molecular formula is C7H7N2O3S. The first-order valence-corrected chi connectivity index (χ1v) is 5.22. The van der Waals surface area contributed by atoms with Gasteiger partial charge in [-0.1, -0.05) is 0 Å². The lowest BCUT2D eigenvalue weighted by Crippen LogP contribution is -2.29. The van der Waals surface area contributed by atoms with Gasteiger partial charge in [-0.05, 0) is 12.1 Å². The van der Waals surface area contributed by atoms with Crippen molar-refractivity contribution in [3.8, 4) is 0 Å². The minimum Gasteiger partial charge on any atom is -0.268 e. The van der Waals surface area contributed by atoms with Gasteiger partial charge in [0.2, 0.25) is 10.0 Å². The molecule has 0 saturated carbocycles. The average Bonchev–Trinajstić information content (AvgIpc) is 2.03. The SMILES string of the molecule is CS(=O)(=O)NC(=O)c1cc[c]nc1. The maximum absolute atomic E-state index is 11.1. The van der Waals surface area contributed by atoms with Gasteiger partial charge in [0.15, 0.2) is 0 Å². The molecule has 1 rings (SSSR count).